The number of aromatic nitrogens is 1. The summed E-state index contributed by atoms with van der Waals surface area (Å²) in [6.07, 6.45) is -4.78. The standard InChI is InChI=1S/C20H18Cl2F4N2O2/c21-14-4-2-1-3-12(14)17(19(30)8-5-11(23)6-9-19)28-18(29)16-15(22)13(7-10-27-16)20(24,25)26/h1-4,7,10-11,17,30H,5-6,8-9H2,(H,28,29)/t11?,17-,19?/m0/s1. The zero-order valence-electron chi connectivity index (χ0n) is 15.5. The number of pyridine rings is 1. The number of rotatable bonds is 4. The van der Waals surface area contributed by atoms with Gasteiger partial charge in [-0.25, -0.2) is 9.37 Å². The van der Waals surface area contributed by atoms with Gasteiger partial charge in [0.25, 0.3) is 5.91 Å². The van der Waals surface area contributed by atoms with E-state index in [0.717, 1.165) is 6.20 Å². The average Bonchev–Trinajstić information content (AvgIpc) is 2.68. The van der Waals surface area contributed by atoms with Gasteiger partial charge in [-0.2, -0.15) is 13.2 Å². The number of aliphatic hydroxyl groups is 1. The van der Waals surface area contributed by atoms with E-state index in [2.05, 4.69) is 10.3 Å². The highest BCUT2D eigenvalue weighted by atomic mass is 35.5. The summed E-state index contributed by atoms with van der Waals surface area (Å²) in [5.41, 5.74) is -3.02. The highest BCUT2D eigenvalue weighted by Crippen LogP contribution is 2.42. The molecule has 1 saturated carbocycles. The zero-order chi connectivity index (χ0) is 22.1. The first-order valence-corrected chi connectivity index (χ1v) is 9.92. The highest BCUT2D eigenvalue weighted by molar-refractivity contribution is 6.34. The fourth-order valence-corrected chi connectivity index (χ4v) is 4.15. The lowest BCUT2D eigenvalue weighted by Crippen LogP contribution is -2.48. The number of benzene rings is 1. The molecule has 1 fully saturated rings. The number of hydrogen-bond acceptors (Lipinski definition) is 3. The second-order valence-electron chi connectivity index (χ2n) is 7.23. The normalized spacial score (nSPS) is 23.1. The summed E-state index contributed by atoms with van der Waals surface area (Å²) in [5.74, 6) is -1.01. The van der Waals surface area contributed by atoms with E-state index in [-0.39, 0.29) is 30.7 Å². The third-order valence-electron chi connectivity index (χ3n) is 5.22. The predicted molar refractivity (Wildman–Crippen MR) is 104 cm³/mol. The van der Waals surface area contributed by atoms with Crippen LogP contribution < -0.4 is 5.32 Å². The fourth-order valence-electron chi connectivity index (χ4n) is 3.60. The molecule has 1 aliphatic carbocycles. The monoisotopic (exact) mass is 464 g/mol. The summed E-state index contributed by atoms with van der Waals surface area (Å²) in [4.78, 5) is 16.5. The van der Waals surface area contributed by atoms with Gasteiger partial charge in [-0.15, -0.1) is 0 Å². The lowest BCUT2D eigenvalue weighted by Gasteiger charge is -2.41. The summed E-state index contributed by atoms with van der Waals surface area (Å²) in [6.45, 7) is 0. The fraction of sp³-hybridized carbons (Fsp3) is 0.400. The van der Waals surface area contributed by atoms with Crippen LogP contribution in [0.2, 0.25) is 10.0 Å². The van der Waals surface area contributed by atoms with Crippen LogP contribution in [0.25, 0.3) is 0 Å². The van der Waals surface area contributed by atoms with Crippen molar-refractivity contribution in [2.24, 2.45) is 0 Å². The first-order valence-electron chi connectivity index (χ1n) is 9.16. The molecule has 3 rings (SSSR count). The molecule has 1 aromatic carbocycles. The summed E-state index contributed by atoms with van der Waals surface area (Å²) in [7, 11) is 0. The Labute approximate surface area is 180 Å². The van der Waals surface area contributed by atoms with Crippen LogP contribution in [-0.2, 0) is 6.18 Å². The minimum Gasteiger partial charge on any atom is -0.387 e. The van der Waals surface area contributed by atoms with Gasteiger partial charge in [-0.05, 0) is 43.4 Å². The predicted octanol–water partition coefficient (Wildman–Crippen LogP) is 5.52. The molecule has 2 aromatic rings. The van der Waals surface area contributed by atoms with Gasteiger partial charge in [0, 0.05) is 11.2 Å². The van der Waals surface area contributed by atoms with Gasteiger partial charge in [0.1, 0.15) is 11.9 Å². The van der Waals surface area contributed by atoms with Crippen LogP contribution in [0.4, 0.5) is 17.6 Å². The van der Waals surface area contributed by atoms with Gasteiger partial charge in [0.05, 0.1) is 22.2 Å². The largest absolute Gasteiger partial charge is 0.417 e. The summed E-state index contributed by atoms with van der Waals surface area (Å²) in [6, 6.07) is 5.99. The van der Waals surface area contributed by atoms with Crippen LogP contribution in [0.15, 0.2) is 36.5 Å². The maximum atomic E-state index is 13.7. The molecule has 0 saturated heterocycles. The van der Waals surface area contributed by atoms with E-state index in [9.17, 15) is 27.5 Å². The molecule has 1 aliphatic rings. The third kappa shape index (κ3) is 4.71. The number of halogens is 6. The van der Waals surface area contributed by atoms with E-state index < -0.39 is 46.2 Å². The second-order valence-corrected chi connectivity index (χ2v) is 8.01. The molecule has 1 heterocycles. The van der Waals surface area contributed by atoms with Gasteiger partial charge in [0.2, 0.25) is 0 Å². The Morgan fingerprint density at radius 3 is 2.43 bits per heavy atom. The first kappa shape index (κ1) is 22.8. The molecule has 30 heavy (non-hydrogen) atoms. The number of carbonyl (C=O) groups is 1. The lowest BCUT2D eigenvalue weighted by atomic mass is 9.76. The van der Waals surface area contributed by atoms with E-state index in [1.54, 1.807) is 24.3 Å². The van der Waals surface area contributed by atoms with Gasteiger partial charge < -0.3 is 10.4 Å². The molecule has 0 bridgehead atoms. The molecule has 1 atom stereocenters. The van der Waals surface area contributed by atoms with Gasteiger partial charge in [0.15, 0.2) is 0 Å². The molecule has 0 radical (unpaired) electrons. The van der Waals surface area contributed by atoms with Crippen molar-refractivity contribution in [3.05, 3.63) is 63.4 Å². The molecule has 0 spiro atoms. The summed E-state index contributed by atoms with van der Waals surface area (Å²) in [5, 5.41) is 13.1. The zero-order valence-corrected chi connectivity index (χ0v) is 17.0. The van der Waals surface area contributed by atoms with Crippen molar-refractivity contribution in [1.82, 2.24) is 10.3 Å². The molecule has 162 valence electrons. The van der Waals surface area contributed by atoms with Crippen LogP contribution in [-0.4, -0.2) is 27.8 Å². The van der Waals surface area contributed by atoms with Crippen molar-refractivity contribution in [3.63, 3.8) is 0 Å². The molecular formula is C20H18Cl2F4N2O2. The SMILES string of the molecule is O=C(N[C@@H](c1ccccc1Cl)C1(O)CCC(F)CC1)c1nccc(C(F)(F)F)c1Cl. The number of hydrogen-bond donors (Lipinski definition) is 2. The van der Waals surface area contributed by atoms with Gasteiger partial charge in [-0.1, -0.05) is 41.4 Å². The topological polar surface area (TPSA) is 62.2 Å². The van der Waals surface area contributed by atoms with Crippen molar-refractivity contribution < 1.29 is 27.5 Å². The maximum absolute atomic E-state index is 13.7. The van der Waals surface area contributed by atoms with Crippen LogP contribution in [0.5, 0.6) is 0 Å². The number of carbonyl (C=O) groups excluding carboxylic acids is 1. The van der Waals surface area contributed by atoms with E-state index >= 15 is 0 Å². The van der Waals surface area contributed by atoms with Crippen molar-refractivity contribution in [2.45, 2.75) is 49.7 Å². The number of nitrogens with one attached hydrogen (secondary N) is 1. The maximum Gasteiger partial charge on any atom is 0.417 e. The van der Waals surface area contributed by atoms with Crippen molar-refractivity contribution in [3.8, 4) is 0 Å². The van der Waals surface area contributed by atoms with E-state index in [4.69, 9.17) is 23.2 Å². The average molecular weight is 465 g/mol. The molecule has 1 aromatic heterocycles. The minimum absolute atomic E-state index is 0.0358. The van der Waals surface area contributed by atoms with Crippen molar-refractivity contribution in [2.75, 3.05) is 0 Å². The molecule has 2 N–H and O–H groups in total. The minimum atomic E-state index is -4.77. The third-order valence-corrected chi connectivity index (χ3v) is 5.95. The molecule has 4 nitrogen and oxygen atoms in total. The Morgan fingerprint density at radius 2 is 1.83 bits per heavy atom. The molecule has 10 heteroatoms. The molecule has 0 unspecified atom stereocenters. The molecule has 0 aliphatic heterocycles. The Hall–Kier alpha value is -1.90. The van der Waals surface area contributed by atoms with Gasteiger partial charge >= 0.3 is 6.18 Å². The second kappa shape index (κ2) is 8.69. The van der Waals surface area contributed by atoms with Crippen LogP contribution in [0, 0.1) is 0 Å². The van der Waals surface area contributed by atoms with Crippen LogP contribution in [0.1, 0.15) is 53.3 Å². The van der Waals surface area contributed by atoms with Crippen LogP contribution in [0.3, 0.4) is 0 Å². The molecule has 1 amide bonds. The van der Waals surface area contributed by atoms with Gasteiger partial charge in [-0.3, -0.25) is 4.79 Å². The summed E-state index contributed by atoms with van der Waals surface area (Å²) >= 11 is 12.1. The Morgan fingerprint density at radius 1 is 1.20 bits per heavy atom. The van der Waals surface area contributed by atoms with E-state index in [0.29, 0.717) is 11.6 Å². The van der Waals surface area contributed by atoms with Crippen LogP contribution >= 0.6 is 23.2 Å². The van der Waals surface area contributed by atoms with Crippen molar-refractivity contribution >= 4 is 29.1 Å². The van der Waals surface area contributed by atoms with Crippen molar-refractivity contribution in [1.29, 1.82) is 0 Å². The Kier molecular flexibility index (Phi) is 6.60. The summed E-state index contributed by atoms with van der Waals surface area (Å²) < 4.78 is 53.0. The van der Waals surface area contributed by atoms with E-state index in [1.165, 1.54) is 0 Å². The smallest absolute Gasteiger partial charge is 0.387 e. The molecular weight excluding hydrogens is 447 g/mol. The highest BCUT2D eigenvalue weighted by Gasteiger charge is 2.43. The first-order chi connectivity index (χ1) is 14.0. The number of nitrogens with zero attached hydrogens (tertiary/aromatic N) is 1. The Balaban J connectivity index is 1.98. The lowest BCUT2D eigenvalue weighted by molar-refractivity contribution is -0.137. The van der Waals surface area contributed by atoms with E-state index in [1.807, 2.05) is 0 Å². The number of amides is 1. The number of alkyl halides is 4. The quantitative estimate of drug-likeness (QED) is 0.585. The Bertz CT molecular complexity index is 931.